The molecule has 0 aliphatic carbocycles. The normalized spacial score (nSPS) is 11.3. The number of aliphatic hydroxyl groups excluding tert-OH is 1. The fraction of sp³-hybridized carbons (Fsp3) is 0.300. The molecule has 0 saturated heterocycles. The summed E-state index contributed by atoms with van der Waals surface area (Å²) in [5.41, 5.74) is 6.06. The molecule has 7 nitrogen and oxygen atoms in total. The van der Waals surface area contributed by atoms with E-state index in [2.05, 4.69) is 5.16 Å². The topological polar surface area (TPSA) is 111 Å². The van der Waals surface area contributed by atoms with Crippen LogP contribution < -0.4 is 5.73 Å². The molecule has 0 aliphatic rings. The molecule has 1 aromatic rings. The average molecular weight is 239 g/mol. The van der Waals surface area contributed by atoms with Crippen molar-refractivity contribution in [1.82, 2.24) is 0 Å². The third-order valence-electron chi connectivity index (χ3n) is 1.94. The van der Waals surface area contributed by atoms with E-state index in [9.17, 15) is 10.1 Å². The number of aliphatic hydroxyl groups is 1. The predicted octanol–water partition coefficient (Wildman–Crippen LogP) is 0.266. The van der Waals surface area contributed by atoms with Crippen molar-refractivity contribution in [1.29, 1.82) is 0 Å². The van der Waals surface area contributed by atoms with Crippen molar-refractivity contribution in [3.05, 3.63) is 39.9 Å². The quantitative estimate of drug-likeness (QED) is 0.320. The maximum atomic E-state index is 10.4. The highest BCUT2D eigenvalue weighted by Crippen LogP contribution is 2.12. The summed E-state index contributed by atoms with van der Waals surface area (Å²) in [7, 11) is 0. The van der Waals surface area contributed by atoms with Crippen LogP contribution in [-0.2, 0) is 4.84 Å². The van der Waals surface area contributed by atoms with Gasteiger partial charge in [0.05, 0.1) is 11.5 Å². The van der Waals surface area contributed by atoms with Crippen molar-refractivity contribution < 1.29 is 14.9 Å². The minimum absolute atomic E-state index is 0.0195. The fourth-order valence-electron chi connectivity index (χ4n) is 1.12. The molecule has 0 atom stereocenters. The van der Waals surface area contributed by atoms with Gasteiger partial charge in [0, 0.05) is 24.2 Å². The van der Waals surface area contributed by atoms with Gasteiger partial charge in [-0.15, -0.1) is 0 Å². The standard InChI is InChI=1S/C10H13N3O4/c11-5-6-17-12-10(7-14)8-1-3-9(4-2-8)13(15)16/h1-4,14H,5-7,11H2. The molecule has 0 fully saturated rings. The van der Waals surface area contributed by atoms with Gasteiger partial charge in [0.2, 0.25) is 0 Å². The lowest BCUT2D eigenvalue weighted by atomic mass is 10.1. The molecule has 7 heteroatoms. The molecule has 0 heterocycles. The second kappa shape index (κ2) is 6.56. The van der Waals surface area contributed by atoms with E-state index < -0.39 is 4.92 Å². The first-order chi connectivity index (χ1) is 8.19. The Labute approximate surface area is 97.6 Å². The molecular formula is C10H13N3O4. The van der Waals surface area contributed by atoms with Gasteiger partial charge >= 0.3 is 0 Å². The number of hydrogen-bond donors (Lipinski definition) is 2. The van der Waals surface area contributed by atoms with E-state index in [1.165, 1.54) is 24.3 Å². The van der Waals surface area contributed by atoms with E-state index >= 15 is 0 Å². The second-order valence-corrected chi connectivity index (χ2v) is 3.12. The van der Waals surface area contributed by atoms with Crippen molar-refractivity contribution in [3.63, 3.8) is 0 Å². The van der Waals surface area contributed by atoms with Gasteiger partial charge < -0.3 is 15.7 Å². The minimum atomic E-state index is -0.496. The summed E-state index contributed by atoms with van der Waals surface area (Å²) in [5.74, 6) is 0. The van der Waals surface area contributed by atoms with E-state index in [0.29, 0.717) is 17.8 Å². The lowest BCUT2D eigenvalue weighted by Crippen LogP contribution is -2.10. The summed E-state index contributed by atoms with van der Waals surface area (Å²) in [5, 5.41) is 23.2. The molecule has 0 aliphatic heterocycles. The Morgan fingerprint density at radius 1 is 1.47 bits per heavy atom. The molecule has 0 radical (unpaired) electrons. The zero-order valence-corrected chi connectivity index (χ0v) is 9.07. The minimum Gasteiger partial charge on any atom is -0.394 e. The number of nitro groups is 1. The molecule has 17 heavy (non-hydrogen) atoms. The Bertz CT molecular complexity index is 403. The summed E-state index contributed by atoms with van der Waals surface area (Å²) < 4.78 is 0. The SMILES string of the molecule is NCCON=C(CO)c1ccc([N+](=O)[O-])cc1. The molecule has 3 N–H and O–H groups in total. The number of nitrogens with two attached hydrogens (primary N) is 1. The first-order valence-electron chi connectivity index (χ1n) is 4.93. The van der Waals surface area contributed by atoms with Crippen LogP contribution in [0.25, 0.3) is 0 Å². The summed E-state index contributed by atoms with van der Waals surface area (Å²) >= 11 is 0. The number of benzene rings is 1. The number of nitro benzene ring substituents is 1. The smallest absolute Gasteiger partial charge is 0.269 e. The van der Waals surface area contributed by atoms with E-state index in [0.717, 1.165) is 0 Å². The Hall–Kier alpha value is -1.99. The summed E-state index contributed by atoms with van der Waals surface area (Å²) in [6.07, 6.45) is 0. The molecule has 0 spiro atoms. The number of nitrogens with zero attached hydrogens (tertiary/aromatic N) is 2. The fourth-order valence-corrected chi connectivity index (χ4v) is 1.12. The molecule has 0 unspecified atom stereocenters. The molecule has 1 aromatic carbocycles. The van der Waals surface area contributed by atoms with Gasteiger partial charge in [-0.1, -0.05) is 5.16 Å². The molecule has 0 saturated carbocycles. The first kappa shape index (κ1) is 13.1. The van der Waals surface area contributed by atoms with Gasteiger partial charge in [0.1, 0.15) is 12.3 Å². The van der Waals surface area contributed by atoms with Crippen LogP contribution in [0.15, 0.2) is 29.4 Å². The van der Waals surface area contributed by atoms with Gasteiger partial charge in [0.25, 0.3) is 5.69 Å². The van der Waals surface area contributed by atoms with Crippen LogP contribution in [0, 0.1) is 10.1 Å². The van der Waals surface area contributed by atoms with Crippen molar-refractivity contribution in [3.8, 4) is 0 Å². The van der Waals surface area contributed by atoms with Crippen molar-refractivity contribution in [2.45, 2.75) is 0 Å². The molecule has 0 aromatic heterocycles. The lowest BCUT2D eigenvalue weighted by Gasteiger charge is -2.03. The first-order valence-corrected chi connectivity index (χ1v) is 4.93. The molecule has 0 bridgehead atoms. The van der Waals surface area contributed by atoms with E-state index in [1.54, 1.807) is 0 Å². The third-order valence-corrected chi connectivity index (χ3v) is 1.94. The zero-order chi connectivity index (χ0) is 12.7. The summed E-state index contributed by atoms with van der Waals surface area (Å²) in [6, 6.07) is 5.67. The Kier molecular flexibility index (Phi) is 5.05. The van der Waals surface area contributed by atoms with Gasteiger partial charge in [-0.25, -0.2) is 0 Å². The van der Waals surface area contributed by atoms with Gasteiger partial charge in [-0.2, -0.15) is 0 Å². The maximum Gasteiger partial charge on any atom is 0.269 e. The third kappa shape index (κ3) is 3.82. The largest absolute Gasteiger partial charge is 0.394 e. The highest BCUT2D eigenvalue weighted by atomic mass is 16.6. The van der Waals surface area contributed by atoms with Gasteiger partial charge in [-0.3, -0.25) is 10.1 Å². The molecular weight excluding hydrogens is 226 g/mol. The second-order valence-electron chi connectivity index (χ2n) is 3.12. The molecule has 92 valence electrons. The van der Waals surface area contributed by atoms with Crippen molar-refractivity contribution in [2.24, 2.45) is 10.9 Å². The van der Waals surface area contributed by atoms with E-state index in [4.69, 9.17) is 15.7 Å². The average Bonchev–Trinajstić information content (AvgIpc) is 2.35. The predicted molar refractivity (Wildman–Crippen MR) is 61.7 cm³/mol. The number of hydrogen-bond acceptors (Lipinski definition) is 6. The van der Waals surface area contributed by atoms with Crippen LogP contribution in [0.5, 0.6) is 0 Å². The maximum absolute atomic E-state index is 10.4. The van der Waals surface area contributed by atoms with Crippen LogP contribution >= 0.6 is 0 Å². The Morgan fingerprint density at radius 3 is 2.59 bits per heavy atom. The molecule has 0 amide bonds. The summed E-state index contributed by atoms with van der Waals surface area (Å²) in [4.78, 5) is 14.8. The number of non-ortho nitro benzene ring substituents is 1. The van der Waals surface area contributed by atoms with Gasteiger partial charge in [0.15, 0.2) is 0 Å². The van der Waals surface area contributed by atoms with Crippen LogP contribution in [0.2, 0.25) is 0 Å². The van der Waals surface area contributed by atoms with E-state index in [-0.39, 0.29) is 18.9 Å². The van der Waals surface area contributed by atoms with Crippen LogP contribution in [0.4, 0.5) is 5.69 Å². The van der Waals surface area contributed by atoms with Crippen LogP contribution in [0.1, 0.15) is 5.56 Å². The highest BCUT2D eigenvalue weighted by Gasteiger charge is 2.07. The molecule has 1 rings (SSSR count). The van der Waals surface area contributed by atoms with Gasteiger partial charge in [-0.05, 0) is 12.1 Å². The van der Waals surface area contributed by atoms with Crippen LogP contribution in [-0.4, -0.2) is 35.5 Å². The van der Waals surface area contributed by atoms with Crippen molar-refractivity contribution in [2.75, 3.05) is 19.8 Å². The van der Waals surface area contributed by atoms with Crippen LogP contribution in [0.3, 0.4) is 0 Å². The number of oxime groups is 1. The summed E-state index contributed by atoms with van der Waals surface area (Å²) in [6.45, 7) is 0.251. The monoisotopic (exact) mass is 239 g/mol. The van der Waals surface area contributed by atoms with E-state index in [1.807, 2.05) is 0 Å². The zero-order valence-electron chi connectivity index (χ0n) is 9.07. The lowest BCUT2D eigenvalue weighted by molar-refractivity contribution is -0.384. The van der Waals surface area contributed by atoms with Crippen molar-refractivity contribution >= 4 is 11.4 Å². The Balaban J connectivity index is 2.82. The Morgan fingerprint density at radius 2 is 2.12 bits per heavy atom. The highest BCUT2D eigenvalue weighted by molar-refractivity contribution is 6.01. The number of rotatable bonds is 6.